The number of benzene rings is 1. The summed E-state index contributed by atoms with van der Waals surface area (Å²) in [6.07, 6.45) is 3.63. The first-order valence-corrected chi connectivity index (χ1v) is 9.83. The zero-order valence-corrected chi connectivity index (χ0v) is 16.0. The normalized spacial score (nSPS) is 17.5. The van der Waals surface area contributed by atoms with Crippen LogP contribution in [0.5, 0.6) is 0 Å². The summed E-state index contributed by atoms with van der Waals surface area (Å²) in [6.45, 7) is 3.55. The van der Waals surface area contributed by atoms with Gasteiger partial charge >= 0.3 is 0 Å². The second-order valence-electron chi connectivity index (χ2n) is 6.56. The van der Waals surface area contributed by atoms with Gasteiger partial charge in [-0.1, -0.05) is 29.0 Å². The number of nitrogens with one attached hydrogen (secondary N) is 1. The van der Waals surface area contributed by atoms with Gasteiger partial charge in [0.2, 0.25) is 5.91 Å². The van der Waals surface area contributed by atoms with Crippen LogP contribution in [0.4, 0.5) is 10.8 Å². The fourth-order valence-corrected chi connectivity index (χ4v) is 4.34. The average Bonchev–Trinajstić information content (AvgIpc) is 3.09. The molecule has 0 aliphatic carbocycles. The first-order chi connectivity index (χ1) is 12.6. The van der Waals surface area contributed by atoms with Crippen molar-refractivity contribution in [1.29, 1.82) is 0 Å². The van der Waals surface area contributed by atoms with Gasteiger partial charge in [0, 0.05) is 30.0 Å². The van der Waals surface area contributed by atoms with E-state index in [2.05, 4.69) is 20.2 Å². The third-order valence-corrected chi connectivity index (χ3v) is 5.95. The number of halogens is 1. The molecule has 2 aromatic heterocycles. The number of pyridine rings is 1. The summed E-state index contributed by atoms with van der Waals surface area (Å²) in [5, 5.41) is 4.60. The third kappa shape index (κ3) is 3.52. The van der Waals surface area contributed by atoms with Crippen molar-refractivity contribution in [2.75, 3.05) is 23.3 Å². The zero-order chi connectivity index (χ0) is 18.1. The smallest absolute Gasteiger partial charge is 0.229 e. The molecule has 1 aliphatic heterocycles. The summed E-state index contributed by atoms with van der Waals surface area (Å²) < 4.78 is 0. The SMILES string of the molecule is Cc1ccc(Cl)cc1NC(=O)C1CCCN(c2nc3cccnc3s2)C1. The first kappa shape index (κ1) is 17.2. The van der Waals surface area contributed by atoms with Gasteiger partial charge in [-0.2, -0.15) is 0 Å². The molecule has 1 aliphatic rings. The molecule has 7 heteroatoms. The molecule has 1 fully saturated rings. The fraction of sp³-hybridized carbons (Fsp3) is 0.316. The topological polar surface area (TPSA) is 58.1 Å². The molecule has 1 saturated heterocycles. The van der Waals surface area contributed by atoms with Crippen LogP contribution in [0.25, 0.3) is 10.3 Å². The maximum Gasteiger partial charge on any atom is 0.229 e. The molecule has 0 spiro atoms. The molecule has 1 aromatic carbocycles. The van der Waals surface area contributed by atoms with Crippen molar-refractivity contribution in [3.8, 4) is 0 Å². The van der Waals surface area contributed by atoms with E-state index in [4.69, 9.17) is 11.6 Å². The third-order valence-electron chi connectivity index (χ3n) is 4.68. The minimum Gasteiger partial charge on any atom is -0.347 e. The van der Waals surface area contributed by atoms with Crippen molar-refractivity contribution in [2.24, 2.45) is 5.92 Å². The van der Waals surface area contributed by atoms with Crippen molar-refractivity contribution in [1.82, 2.24) is 9.97 Å². The van der Waals surface area contributed by atoms with Crippen molar-refractivity contribution in [3.05, 3.63) is 47.1 Å². The van der Waals surface area contributed by atoms with Gasteiger partial charge in [-0.3, -0.25) is 4.79 Å². The van der Waals surface area contributed by atoms with Crippen LogP contribution < -0.4 is 10.2 Å². The van der Waals surface area contributed by atoms with E-state index in [1.54, 1.807) is 23.6 Å². The highest BCUT2D eigenvalue weighted by Crippen LogP contribution is 2.31. The van der Waals surface area contributed by atoms with Crippen LogP contribution in [0.1, 0.15) is 18.4 Å². The van der Waals surface area contributed by atoms with E-state index in [0.717, 1.165) is 46.1 Å². The summed E-state index contributed by atoms with van der Waals surface area (Å²) in [7, 11) is 0. The number of thiazole rings is 1. The maximum absolute atomic E-state index is 12.8. The molecule has 1 N–H and O–H groups in total. The number of carbonyl (C=O) groups excluding carboxylic acids is 1. The number of amides is 1. The van der Waals surface area contributed by atoms with E-state index >= 15 is 0 Å². The Labute approximate surface area is 161 Å². The summed E-state index contributed by atoms with van der Waals surface area (Å²) in [5.74, 6) is -0.0265. The number of nitrogens with zero attached hydrogens (tertiary/aromatic N) is 3. The molecule has 0 radical (unpaired) electrons. The molecule has 3 aromatic rings. The summed E-state index contributed by atoms with van der Waals surface area (Å²) >= 11 is 7.64. The van der Waals surface area contributed by atoms with Gasteiger partial charge in [0.25, 0.3) is 0 Å². The molecule has 1 atom stereocenters. The monoisotopic (exact) mass is 386 g/mol. The Kier molecular flexibility index (Phi) is 4.78. The van der Waals surface area contributed by atoms with E-state index < -0.39 is 0 Å². The van der Waals surface area contributed by atoms with Gasteiger partial charge in [-0.15, -0.1) is 0 Å². The van der Waals surface area contributed by atoms with E-state index in [0.29, 0.717) is 11.6 Å². The number of carbonyl (C=O) groups is 1. The molecule has 26 heavy (non-hydrogen) atoms. The van der Waals surface area contributed by atoms with Crippen molar-refractivity contribution >= 4 is 50.0 Å². The molecule has 5 nitrogen and oxygen atoms in total. The predicted molar refractivity (Wildman–Crippen MR) is 107 cm³/mol. The number of aromatic nitrogens is 2. The van der Waals surface area contributed by atoms with Crippen molar-refractivity contribution < 1.29 is 4.79 Å². The van der Waals surface area contributed by atoms with Crippen LogP contribution >= 0.6 is 22.9 Å². The van der Waals surface area contributed by atoms with Gasteiger partial charge in [0.15, 0.2) is 5.13 Å². The Morgan fingerprint density at radius 2 is 2.27 bits per heavy atom. The largest absolute Gasteiger partial charge is 0.347 e. The van der Waals surface area contributed by atoms with E-state index in [1.807, 2.05) is 31.2 Å². The number of hydrogen-bond donors (Lipinski definition) is 1. The van der Waals surface area contributed by atoms with Crippen LogP contribution in [-0.2, 0) is 4.79 Å². The van der Waals surface area contributed by atoms with Gasteiger partial charge in [-0.05, 0) is 49.6 Å². The lowest BCUT2D eigenvalue weighted by atomic mass is 9.97. The Bertz CT molecular complexity index is 925. The van der Waals surface area contributed by atoms with E-state index in [1.165, 1.54) is 0 Å². The van der Waals surface area contributed by atoms with E-state index in [9.17, 15) is 4.79 Å². The molecular formula is C19H19ClN4OS. The van der Waals surface area contributed by atoms with Crippen LogP contribution in [0.3, 0.4) is 0 Å². The maximum atomic E-state index is 12.8. The lowest BCUT2D eigenvalue weighted by molar-refractivity contribution is -0.120. The molecular weight excluding hydrogens is 368 g/mol. The summed E-state index contributed by atoms with van der Waals surface area (Å²) in [5.41, 5.74) is 2.70. The van der Waals surface area contributed by atoms with E-state index in [-0.39, 0.29) is 11.8 Å². The predicted octanol–water partition coefficient (Wildman–Crippen LogP) is 4.51. The number of rotatable bonds is 3. The van der Waals surface area contributed by atoms with Crippen LogP contribution in [0, 0.1) is 12.8 Å². The van der Waals surface area contributed by atoms with Crippen LogP contribution in [-0.4, -0.2) is 29.0 Å². The standard InChI is InChI=1S/C19H19ClN4OS/c1-12-6-7-14(20)10-16(12)22-17(25)13-4-3-9-24(11-13)19-23-15-5-2-8-21-18(15)26-19/h2,5-8,10,13H,3-4,9,11H2,1H3,(H,22,25). The second-order valence-corrected chi connectivity index (χ2v) is 7.95. The zero-order valence-electron chi connectivity index (χ0n) is 14.4. The van der Waals surface area contributed by atoms with Gasteiger partial charge in [-0.25, -0.2) is 9.97 Å². The molecule has 1 unspecified atom stereocenters. The molecule has 4 rings (SSSR count). The lowest BCUT2D eigenvalue weighted by Crippen LogP contribution is -2.40. The molecule has 134 valence electrons. The van der Waals surface area contributed by atoms with Crippen LogP contribution in [0.2, 0.25) is 5.02 Å². The average molecular weight is 387 g/mol. The Hall–Kier alpha value is -2.18. The van der Waals surface area contributed by atoms with Gasteiger partial charge in [0.05, 0.1) is 5.92 Å². The number of piperidine rings is 1. The Morgan fingerprint density at radius 3 is 3.12 bits per heavy atom. The Morgan fingerprint density at radius 1 is 1.38 bits per heavy atom. The van der Waals surface area contributed by atoms with Gasteiger partial charge in [0.1, 0.15) is 10.3 Å². The van der Waals surface area contributed by atoms with Gasteiger partial charge < -0.3 is 10.2 Å². The quantitative estimate of drug-likeness (QED) is 0.719. The highest BCUT2D eigenvalue weighted by atomic mass is 35.5. The summed E-state index contributed by atoms with van der Waals surface area (Å²) in [6, 6.07) is 9.41. The number of hydrogen-bond acceptors (Lipinski definition) is 5. The highest BCUT2D eigenvalue weighted by molar-refractivity contribution is 7.21. The Balaban J connectivity index is 1.49. The second kappa shape index (κ2) is 7.21. The molecule has 3 heterocycles. The van der Waals surface area contributed by atoms with Crippen molar-refractivity contribution in [2.45, 2.75) is 19.8 Å². The highest BCUT2D eigenvalue weighted by Gasteiger charge is 2.28. The summed E-state index contributed by atoms with van der Waals surface area (Å²) in [4.78, 5) is 24.9. The molecule has 0 bridgehead atoms. The molecule has 0 saturated carbocycles. The lowest BCUT2D eigenvalue weighted by Gasteiger charge is -2.31. The molecule has 1 amide bonds. The minimum atomic E-state index is -0.0675. The first-order valence-electron chi connectivity index (χ1n) is 8.63. The van der Waals surface area contributed by atoms with Crippen LogP contribution in [0.15, 0.2) is 36.5 Å². The number of anilines is 2. The number of fused-ring (bicyclic) bond motifs is 1. The number of aryl methyl sites for hydroxylation is 1. The fourth-order valence-electron chi connectivity index (χ4n) is 3.22. The minimum absolute atomic E-state index is 0.0410. The van der Waals surface area contributed by atoms with Crippen molar-refractivity contribution in [3.63, 3.8) is 0 Å².